The number of hydrogen-bond donors (Lipinski definition) is 3. The smallest absolute Gasteiger partial charge is 0.249 e. The fraction of sp³-hybridized carbons (Fsp3) is 0.579. The maximum atomic E-state index is 14.0. The van der Waals surface area contributed by atoms with E-state index in [0.717, 1.165) is 11.1 Å². The van der Waals surface area contributed by atoms with E-state index in [1.807, 2.05) is 107 Å². The fourth-order valence-electron chi connectivity index (χ4n) is 5.50. The zero-order chi connectivity index (χ0) is 35.3. The molecule has 0 aromatic heterocycles. The van der Waals surface area contributed by atoms with Gasteiger partial charge in [0.1, 0.15) is 23.8 Å². The predicted octanol–water partition coefficient (Wildman–Crippen LogP) is 3.71. The van der Waals surface area contributed by atoms with Gasteiger partial charge in [-0.1, -0.05) is 88.4 Å². The van der Waals surface area contributed by atoms with Crippen LogP contribution < -0.4 is 16.0 Å². The van der Waals surface area contributed by atoms with Crippen LogP contribution in [0, 0.1) is 11.8 Å². The number of hydrogen-bond acceptors (Lipinski definition) is 7. The van der Waals surface area contributed by atoms with Gasteiger partial charge in [-0.15, -0.1) is 0 Å². The highest BCUT2D eigenvalue weighted by atomic mass is 16.6. The molecule has 1 aliphatic rings. The van der Waals surface area contributed by atoms with Gasteiger partial charge in [-0.3, -0.25) is 19.2 Å². The number of nitrogens with one attached hydrogen (secondary N) is 3. The highest BCUT2D eigenvalue weighted by Crippen LogP contribution is 2.29. The van der Waals surface area contributed by atoms with E-state index in [-0.39, 0.29) is 29.9 Å². The van der Waals surface area contributed by atoms with Gasteiger partial charge in [-0.05, 0) is 69.7 Å². The summed E-state index contributed by atoms with van der Waals surface area (Å²) in [4.78, 5) is 56.8. The summed E-state index contributed by atoms with van der Waals surface area (Å²) >= 11 is 0. The van der Waals surface area contributed by atoms with Gasteiger partial charge in [0.05, 0.1) is 19.3 Å². The zero-order valence-electron chi connectivity index (χ0n) is 29.8. The van der Waals surface area contributed by atoms with Crippen LogP contribution in [0.2, 0.25) is 0 Å². The standard InChI is InChI=1S/C38H56N4O6/c1-26(2)22-30(34(43)38(5)25-48-38)39-36(45)32(24-29-16-12-9-13-17-29)40-35(44)31(23-27(3)4)41-37(46)33(47-21-20-42(6)7)19-18-28-14-10-8-11-15-28/h8-17,26-27,30-33H,18-25H2,1-7H3,(H,39,45)(H,40,44)(H,41,46)/t30-,31-,32-,33-,38+/m0/s1. The van der Waals surface area contributed by atoms with Gasteiger partial charge < -0.3 is 30.3 Å². The summed E-state index contributed by atoms with van der Waals surface area (Å²) in [5.41, 5.74) is 1.04. The van der Waals surface area contributed by atoms with Crippen molar-refractivity contribution in [3.8, 4) is 0 Å². The molecule has 1 heterocycles. The molecule has 2 aromatic carbocycles. The van der Waals surface area contributed by atoms with Crippen molar-refractivity contribution in [1.29, 1.82) is 0 Å². The summed E-state index contributed by atoms with van der Waals surface area (Å²) in [5, 5.41) is 8.81. The molecule has 1 fully saturated rings. The molecule has 3 rings (SSSR count). The second kappa shape index (κ2) is 18.8. The van der Waals surface area contributed by atoms with Crippen LogP contribution >= 0.6 is 0 Å². The SMILES string of the molecule is CC(C)C[C@H](NC(=O)[C@H](CCc1ccccc1)OCCN(C)C)C(=O)N[C@@H](Cc1ccccc1)C(=O)N[C@@H](CC(C)C)C(=O)[C@@]1(C)CO1. The maximum absolute atomic E-state index is 14.0. The molecule has 0 spiro atoms. The second-order valence-electron chi connectivity index (χ2n) is 14.2. The molecule has 0 aliphatic carbocycles. The third-order valence-electron chi connectivity index (χ3n) is 8.38. The number of epoxide rings is 1. The average molecular weight is 665 g/mol. The number of benzene rings is 2. The number of Topliss-reactive ketones (excluding diaryl/α,β-unsaturated/α-hetero) is 1. The van der Waals surface area contributed by atoms with Crippen molar-refractivity contribution in [1.82, 2.24) is 20.9 Å². The Labute approximate surface area is 286 Å². The molecule has 0 saturated carbocycles. The number of carbonyl (C=O) groups is 4. The number of aryl methyl sites for hydroxylation is 1. The maximum Gasteiger partial charge on any atom is 0.249 e. The summed E-state index contributed by atoms with van der Waals surface area (Å²) in [7, 11) is 3.88. The molecule has 10 heteroatoms. The van der Waals surface area contributed by atoms with Crippen LogP contribution in [0.5, 0.6) is 0 Å². The third-order valence-corrected chi connectivity index (χ3v) is 8.38. The van der Waals surface area contributed by atoms with Crippen LogP contribution in [0.25, 0.3) is 0 Å². The van der Waals surface area contributed by atoms with Crippen molar-refractivity contribution in [2.24, 2.45) is 11.8 Å². The molecule has 0 radical (unpaired) electrons. The van der Waals surface area contributed by atoms with Crippen LogP contribution in [0.4, 0.5) is 0 Å². The van der Waals surface area contributed by atoms with Crippen molar-refractivity contribution in [3.63, 3.8) is 0 Å². The van der Waals surface area contributed by atoms with Crippen LogP contribution in [0.15, 0.2) is 60.7 Å². The largest absolute Gasteiger partial charge is 0.367 e. The Bertz CT molecular complexity index is 1310. The molecule has 2 aromatic rings. The summed E-state index contributed by atoms with van der Waals surface area (Å²) in [6.45, 7) is 11.0. The summed E-state index contributed by atoms with van der Waals surface area (Å²) in [5.74, 6) is -1.24. The van der Waals surface area contributed by atoms with E-state index >= 15 is 0 Å². The first-order valence-electron chi connectivity index (χ1n) is 17.2. The van der Waals surface area contributed by atoms with E-state index in [1.165, 1.54) is 0 Å². The minimum absolute atomic E-state index is 0.0761. The molecule has 10 nitrogen and oxygen atoms in total. The molecule has 3 N–H and O–H groups in total. The number of rotatable bonds is 21. The lowest BCUT2D eigenvalue weighted by molar-refractivity contribution is -0.138. The van der Waals surface area contributed by atoms with E-state index < -0.39 is 41.6 Å². The summed E-state index contributed by atoms with van der Waals surface area (Å²) in [6, 6.07) is 16.7. The normalized spacial score (nSPS) is 18.2. The Morgan fingerprint density at radius 3 is 1.81 bits per heavy atom. The second-order valence-corrected chi connectivity index (χ2v) is 14.2. The lowest BCUT2D eigenvalue weighted by Crippen LogP contribution is -2.58. The molecule has 0 unspecified atom stereocenters. The Kier molecular flexibility index (Phi) is 15.2. The molecule has 1 aliphatic heterocycles. The molecule has 1 saturated heterocycles. The third kappa shape index (κ3) is 13.1. The van der Waals surface area contributed by atoms with Crippen molar-refractivity contribution < 1.29 is 28.7 Å². The first-order valence-corrected chi connectivity index (χ1v) is 17.2. The van der Waals surface area contributed by atoms with Gasteiger partial charge in [0.2, 0.25) is 17.7 Å². The number of ketones is 1. The van der Waals surface area contributed by atoms with Crippen molar-refractivity contribution >= 4 is 23.5 Å². The Hall–Kier alpha value is -3.60. The van der Waals surface area contributed by atoms with E-state index in [9.17, 15) is 19.2 Å². The monoisotopic (exact) mass is 664 g/mol. The first kappa shape index (κ1) is 38.8. The molecular weight excluding hydrogens is 608 g/mol. The molecule has 264 valence electrons. The molecule has 48 heavy (non-hydrogen) atoms. The molecule has 0 bridgehead atoms. The quantitative estimate of drug-likeness (QED) is 0.174. The number of carbonyl (C=O) groups excluding carboxylic acids is 4. The van der Waals surface area contributed by atoms with Crippen LogP contribution in [0.1, 0.15) is 65.0 Å². The van der Waals surface area contributed by atoms with Crippen LogP contribution in [-0.4, -0.2) is 92.1 Å². The zero-order valence-corrected chi connectivity index (χ0v) is 29.8. The van der Waals surface area contributed by atoms with Gasteiger partial charge in [-0.2, -0.15) is 0 Å². The van der Waals surface area contributed by atoms with E-state index in [1.54, 1.807) is 6.92 Å². The summed E-state index contributed by atoms with van der Waals surface area (Å²) in [6.07, 6.45) is 1.35. The number of amides is 3. The van der Waals surface area contributed by atoms with Gasteiger partial charge in [0.15, 0.2) is 5.78 Å². The number of nitrogens with zero attached hydrogens (tertiary/aromatic N) is 1. The topological polar surface area (TPSA) is 129 Å². The van der Waals surface area contributed by atoms with E-state index in [0.29, 0.717) is 45.4 Å². The Balaban J connectivity index is 1.79. The van der Waals surface area contributed by atoms with Crippen molar-refractivity contribution in [3.05, 3.63) is 71.8 Å². The molecule has 3 amide bonds. The average Bonchev–Trinajstić information content (AvgIpc) is 3.79. The predicted molar refractivity (Wildman–Crippen MR) is 187 cm³/mol. The highest BCUT2D eigenvalue weighted by molar-refractivity contribution is 5.98. The number of likely N-dealkylation sites (N-methyl/N-ethyl adjacent to an activating group) is 1. The van der Waals surface area contributed by atoms with Gasteiger partial charge >= 0.3 is 0 Å². The molecule has 5 atom stereocenters. The van der Waals surface area contributed by atoms with E-state index in [2.05, 4.69) is 16.0 Å². The lowest BCUT2D eigenvalue weighted by Gasteiger charge is -2.28. The first-order chi connectivity index (χ1) is 22.8. The Morgan fingerprint density at radius 1 is 0.771 bits per heavy atom. The Morgan fingerprint density at radius 2 is 1.27 bits per heavy atom. The number of ether oxygens (including phenoxy) is 2. The fourth-order valence-corrected chi connectivity index (χ4v) is 5.50. The minimum Gasteiger partial charge on any atom is -0.367 e. The van der Waals surface area contributed by atoms with Crippen LogP contribution in [-0.2, 0) is 41.5 Å². The van der Waals surface area contributed by atoms with Gasteiger partial charge in [-0.25, -0.2) is 0 Å². The molecular formula is C38H56N4O6. The summed E-state index contributed by atoms with van der Waals surface area (Å²) < 4.78 is 11.5. The minimum atomic E-state index is -0.980. The lowest BCUT2D eigenvalue weighted by atomic mass is 9.93. The van der Waals surface area contributed by atoms with Crippen LogP contribution in [0.3, 0.4) is 0 Å². The van der Waals surface area contributed by atoms with Crippen molar-refractivity contribution in [2.75, 3.05) is 33.9 Å². The van der Waals surface area contributed by atoms with E-state index in [4.69, 9.17) is 9.47 Å². The van der Waals surface area contributed by atoms with Crippen molar-refractivity contribution in [2.45, 2.75) is 96.6 Å². The van der Waals surface area contributed by atoms with Gasteiger partial charge in [0.25, 0.3) is 0 Å². The highest BCUT2D eigenvalue weighted by Gasteiger charge is 2.50. The van der Waals surface area contributed by atoms with Gasteiger partial charge in [0, 0.05) is 13.0 Å².